The summed E-state index contributed by atoms with van der Waals surface area (Å²) in [4.78, 5) is 0. The van der Waals surface area contributed by atoms with Crippen molar-refractivity contribution in [2.75, 3.05) is 11.9 Å². The van der Waals surface area contributed by atoms with Crippen molar-refractivity contribution >= 4 is 27.3 Å². The summed E-state index contributed by atoms with van der Waals surface area (Å²) in [5.74, 6) is 0. The van der Waals surface area contributed by atoms with E-state index in [4.69, 9.17) is 22.0 Å². The smallest absolute Gasteiger partial charge is 0.213 e. The largest absolute Gasteiger partial charge is 0.384 e. The zero-order valence-corrected chi connectivity index (χ0v) is 10.7. The summed E-state index contributed by atoms with van der Waals surface area (Å²) in [6.07, 6.45) is 0. The van der Waals surface area contributed by atoms with Gasteiger partial charge < -0.3 is 5.32 Å². The second-order valence-corrected chi connectivity index (χ2v) is 5.98. The lowest BCUT2D eigenvalue weighted by Gasteiger charge is -2.11. The topological polar surface area (TPSA) is 96.0 Å². The van der Waals surface area contributed by atoms with Crippen LogP contribution in [0.1, 0.15) is 12.5 Å². The Balaban J connectivity index is 2.72. The van der Waals surface area contributed by atoms with Gasteiger partial charge in [0, 0.05) is 12.2 Å². The minimum absolute atomic E-state index is 0.182. The summed E-state index contributed by atoms with van der Waals surface area (Å²) < 4.78 is 22.0. The van der Waals surface area contributed by atoms with Crippen LogP contribution in [0.2, 0.25) is 5.02 Å². The number of rotatable bonds is 4. The first-order valence-electron chi connectivity index (χ1n) is 4.79. The van der Waals surface area contributed by atoms with Gasteiger partial charge in [-0.2, -0.15) is 5.26 Å². The third-order valence-electron chi connectivity index (χ3n) is 2.24. The van der Waals surface area contributed by atoms with Crippen molar-refractivity contribution in [1.82, 2.24) is 0 Å². The molecule has 1 atom stereocenters. The van der Waals surface area contributed by atoms with E-state index in [9.17, 15) is 8.42 Å². The normalized spacial score (nSPS) is 12.8. The number of sulfonamides is 1. The van der Waals surface area contributed by atoms with Crippen molar-refractivity contribution in [3.05, 3.63) is 28.8 Å². The zero-order chi connectivity index (χ0) is 13.1. The van der Waals surface area contributed by atoms with E-state index in [1.165, 1.54) is 6.92 Å². The van der Waals surface area contributed by atoms with E-state index >= 15 is 0 Å². The molecule has 1 rings (SSSR count). The molecule has 1 aromatic carbocycles. The van der Waals surface area contributed by atoms with Crippen LogP contribution in [0.3, 0.4) is 0 Å². The Morgan fingerprint density at radius 2 is 2.24 bits per heavy atom. The average molecular weight is 274 g/mol. The van der Waals surface area contributed by atoms with E-state index in [-0.39, 0.29) is 6.54 Å². The highest BCUT2D eigenvalue weighted by atomic mass is 35.5. The fourth-order valence-electron chi connectivity index (χ4n) is 1.09. The van der Waals surface area contributed by atoms with Crippen molar-refractivity contribution in [1.29, 1.82) is 5.26 Å². The van der Waals surface area contributed by atoms with Crippen molar-refractivity contribution in [2.45, 2.75) is 12.2 Å². The summed E-state index contributed by atoms with van der Waals surface area (Å²) in [7, 11) is -3.54. The number of nitrogens with zero attached hydrogens (tertiary/aromatic N) is 1. The third kappa shape index (κ3) is 3.89. The molecule has 1 aromatic rings. The maximum absolute atomic E-state index is 11.0. The molecule has 0 amide bonds. The molecule has 0 unspecified atom stereocenters. The molecule has 0 aliphatic heterocycles. The van der Waals surface area contributed by atoms with Gasteiger partial charge in [-0.25, -0.2) is 13.6 Å². The molecule has 17 heavy (non-hydrogen) atoms. The van der Waals surface area contributed by atoms with Crippen LogP contribution in [0.5, 0.6) is 0 Å². The highest BCUT2D eigenvalue weighted by Crippen LogP contribution is 2.20. The van der Waals surface area contributed by atoms with E-state index in [0.717, 1.165) is 0 Å². The van der Waals surface area contributed by atoms with Gasteiger partial charge in [-0.3, -0.25) is 0 Å². The average Bonchev–Trinajstić information content (AvgIpc) is 2.24. The molecular weight excluding hydrogens is 262 g/mol. The minimum atomic E-state index is -3.54. The molecule has 0 radical (unpaired) electrons. The highest BCUT2D eigenvalue weighted by Gasteiger charge is 2.14. The summed E-state index contributed by atoms with van der Waals surface area (Å²) in [5.41, 5.74) is 1.02. The molecule has 0 aromatic heterocycles. The Morgan fingerprint density at radius 1 is 1.59 bits per heavy atom. The van der Waals surface area contributed by atoms with Gasteiger partial charge in [0.15, 0.2) is 0 Å². The number of hydrogen-bond donors (Lipinski definition) is 2. The first-order valence-corrected chi connectivity index (χ1v) is 6.78. The SMILES string of the molecule is C[C@@H](CNc1ccc(C#N)c(Cl)c1)S(N)(=O)=O. The van der Waals surface area contributed by atoms with E-state index in [2.05, 4.69) is 5.32 Å². The van der Waals surface area contributed by atoms with Gasteiger partial charge in [0.05, 0.1) is 15.8 Å². The van der Waals surface area contributed by atoms with Gasteiger partial charge in [0.1, 0.15) is 6.07 Å². The van der Waals surface area contributed by atoms with E-state index in [0.29, 0.717) is 16.3 Å². The molecular formula is C10H12ClN3O2S. The number of nitriles is 1. The van der Waals surface area contributed by atoms with Crippen molar-refractivity contribution in [3.63, 3.8) is 0 Å². The van der Waals surface area contributed by atoms with Crippen LogP contribution in [0.25, 0.3) is 0 Å². The number of primary sulfonamides is 1. The van der Waals surface area contributed by atoms with Crippen LogP contribution in [0.4, 0.5) is 5.69 Å². The quantitative estimate of drug-likeness (QED) is 0.864. The van der Waals surface area contributed by atoms with E-state index < -0.39 is 15.3 Å². The van der Waals surface area contributed by atoms with Crippen LogP contribution in [-0.4, -0.2) is 20.2 Å². The summed E-state index contributed by atoms with van der Waals surface area (Å²) in [6.45, 7) is 1.69. The van der Waals surface area contributed by atoms with Gasteiger partial charge in [-0.15, -0.1) is 0 Å². The number of nitrogens with two attached hydrogens (primary N) is 1. The fraction of sp³-hybridized carbons (Fsp3) is 0.300. The first kappa shape index (κ1) is 13.8. The summed E-state index contributed by atoms with van der Waals surface area (Å²) >= 11 is 5.83. The fourth-order valence-corrected chi connectivity index (χ4v) is 1.63. The minimum Gasteiger partial charge on any atom is -0.384 e. The predicted molar refractivity (Wildman–Crippen MR) is 67.2 cm³/mol. The molecule has 0 aliphatic rings. The molecule has 0 bridgehead atoms. The summed E-state index contributed by atoms with van der Waals surface area (Å²) in [5, 5.41) is 16.2. The van der Waals surface area contributed by atoms with Crippen LogP contribution in [0, 0.1) is 11.3 Å². The second-order valence-electron chi connectivity index (χ2n) is 3.59. The second kappa shape index (κ2) is 5.36. The Bertz CT molecular complexity index is 551. The maximum Gasteiger partial charge on any atom is 0.213 e. The predicted octanol–water partition coefficient (Wildman–Crippen LogP) is 1.30. The van der Waals surface area contributed by atoms with Gasteiger partial charge in [-0.1, -0.05) is 11.6 Å². The highest BCUT2D eigenvalue weighted by molar-refractivity contribution is 7.89. The van der Waals surface area contributed by atoms with Crippen LogP contribution in [0.15, 0.2) is 18.2 Å². The number of benzene rings is 1. The standard InChI is InChI=1S/C10H12ClN3O2S/c1-7(17(13,15)16)6-14-9-3-2-8(5-12)10(11)4-9/h2-4,7,14H,6H2,1H3,(H2,13,15,16)/t7-/m0/s1. The Hall–Kier alpha value is -1.29. The Kier molecular flexibility index (Phi) is 4.34. The van der Waals surface area contributed by atoms with E-state index in [1.54, 1.807) is 18.2 Å². The lowest BCUT2D eigenvalue weighted by Crippen LogP contribution is -2.31. The van der Waals surface area contributed by atoms with E-state index in [1.807, 2.05) is 6.07 Å². The van der Waals surface area contributed by atoms with Crippen molar-refractivity contribution in [2.24, 2.45) is 5.14 Å². The van der Waals surface area contributed by atoms with Gasteiger partial charge in [0.25, 0.3) is 0 Å². The van der Waals surface area contributed by atoms with Gasteiger partial charge >= 0.3 is 0 Å². The zero-order valence-electron chi connectivity index (χ0n) is 9.14. The molecule has 5 nitrogen and oxygen atoms in total. The molecule has 0 fully saturated rings. The number of nitrogens with one attached hydrogen (secondary N) is 1. The lowest BCUT2D eigenvalue weighted by molar-refractivity contribution is 0.587. The molecule has 7 heteroatoms. The summed E-state index contributed by atoms with van der Waals surface area (Å²) in [6, 6.07) is 6.72. The van der Waals surface area contributed by atoms with Gasteiger partial charge in [-0.05, 0) is 25.1 Å². The number of anilines is 1. The Morgan fingerprint density at radius 3 is 2.71 bits per heavy atom. The third-order valence-corrected chi connectivity index (χ3v) is 3.85. The molecule has 0 saturated carbocycles. The lowest BCUT2D eigenvalue weighted by atomic mass is 10.2. The van der Waals surface area contributed by atoms with Crippen LogP contribution in [-0.2, 0) is 10.0 Å². The molecule has 0 spiro atoms. The monoisotopic (exact) mass is 273 g/mol. The molecule has 3 N–H and O–H groups in total. The number of hydrogen-bond acceptors (Lipinski definition) is 4. The first-order chi connectivity index (χ1) is 7.84. The van der Waals surface area contributed by atoms with Crippen LogP contribution >= 0.6 is 11.6 Å². The number of halogens is 1. The van der Waals surface area contributed by atoms with Gasteiger partial charge in [0.2, 0.25) is 10.0 Å². The van der Waals surface area contributed by atoms with Crippen LogP contribution < -0.4 is 10.5 Å². The molecule has 0 aliphatic carbocycles. The maximum atomic E-state index is 11.0. The molecule has 0 saturated heterocycles. The Labute approximate surface area is 105 Å². The molecule has 0 heterocycles. The van der Waals surface area contributed by atoms with Crippen molar-refractivity contribution < 1.29 is 8.42 Å². The molecule has 92 valence electrons. The van der Waals surface area contributed by atoms with Crippen molar-refractivity contribution in [3.8, 4) is 6.07 Å².